The van der Waals surface area contributed by atoms with Gasteiger partial charge in [0.15, 0.2) is 11.6 Å². The van der Waals surface area contributed by atoms with Crippen LogP contribution in [0.2, 0.25) is 10.0 Å². The van der Waals surface area contributed by atoms with Gasteiger partial charge in [0.25, 0.3) is 23.6 Å². The summed E-state index contributed by atoms with van der Waals surface area (Å²) in [5.41, 5.74) is 4.75. The van der Waals surface area contributed by atoms with Crippen molar-refractivity contribution in [1.82, 2.24) is 0 Å². The summed E-state index contributed by atoms with van der Waals surface area (Å²) in [6.45, 7) is 5.70. The lowest BCUT2D eigenvalue weighted by Gasteiger charge is -2.17. The normalized spacial score (nSPS) is 12.1. The molecule has 0 radical (unpaired) electrons. The molecule has 14 nitrogen and oxygen atoms in total. The number of Topliss-reactive ketones (excluding diaryl/α,β-unsaturated/α-hetero) is 2. The fourth-order valence-corrected chi connectivity index (χ4v) is 6.62. The number of carbonyl (C=O) groups excluding carboxylic acids is 6. The van der Waals surface area contributed by atoms with Crippen molar-refractivity contribution in [2.75, 3.05) is 21.3 Å². The molecule has 62 heavy (non-hydrogen) atoms. The third kappa shape index (κ3) is 12.4. The van der Waals surface area contributed by atoms with E-state index in [2.05, 4.69) is 41.7 Å². The highest BCUT2D eigenvalue weighted by molar-refractivity contribution is 6.35. The van der Waals surface area contributed by atoms with Gasteiger partial charge in [0.05, 0.1) is 32.5 Å². The number of halogens is 4. The molecule has 2 atom stereocenters. The highest BCUT2D eigenvalue weighted by Crippen LogP contribution is 2.29. The van der Waals surface area contributed by atoms with Crippen LogP contribution in [-0.2, 0) is 30.9 Å². The molecular weight excluding hydrogens is 878 g/mol. The van der Waals surface area contributed by atoms with E-state index in [1.54, 1.807) is 62.4 Å². The molecule has 0 saturated carbocycles. The van der Waals surface area contributed by atoms with E-state index < -0.39 is 47.3 Å². The van der Waals surface area contributed by atoms with Gasteiger partial charge in [-0.05, 0) is 123 Å². The molecule has 0 fully saturated rings. The largest absolute Gasteiger partial charge is 0.324 e. The maximum Gasteiger partial charge on any atom is 0.258 e. The highest BCUT2D eigenvalue weighted by Gasteiger charge is 2.26. The molecule has 0 bridgehead atoms. The number of nitrogens with zero attached hydrogens (tertiary/aromatic N) is 4. The van der Waals surface area contributed by atoms with E-state index in [0.717, 1.165) is 11.1 Å². The van der Waals surface area contributed by atoms with E-state index in [1.165, 1.54) is 50.2 Å². The van der Waals surface area contributed by atoms with Crippen LogP contribution in [0, 0.1) is 13.8 Å². The fraction of sp³-hybridized carbons (Fsp3) is 0.182. The Balaban J connectivity index is 1.25. The summed E-state index contributed by atoms with van der Waals surface area (Å²) in [6.07, 6.45) is 0. The highest BCUT2D eigenvalue weighted by atomic mass is 35.5. The van der Waals surface area contributed by atoms with E-state index in [-0.39, 0.29) is 50.0 Å². The quantitative estimate of drug-likeness (QED) is 0.0431. The summed E-state index contributed by atoms with van der Waals surface area (Å²) < 4.78 is 0. The van der Waals surface area contributed by atoms with Crippen LogP contribution in [0.1, 0.15) is 56.8 Å². The number of nitrogens with one attached hydrogen (secondary N) is 4. The van der Waals surface area contributed by atoms with Gasteiger partial charge < -0.3 is 21.3 Å². The summed E-state index contributed by atoms with van der Waals surface area (Å²) in [4.78, 5) is 78.0. The number of azo groups is 2. The lowest BCUT2D eigenvalue weighted by atomic mass is 10.1. The third-order valence-corrected chi connectivity index (χ3v) is 10.2. The molecule has 2 unspecified atom stereocenters. The van der Waals surface area contributed by atoms with Crippen molar-refractivity contribution in [3.05, 3.63) is 140 Å². The molecule has 5 rings (SSSR count). The molecule has 0 spiro atoms. The Bertz CT molecular complexity index is 2610. The van der Waals surface area contributed by atoms with E-state index in [1.807, 2.05) is 12.1 Å². The summed E-state index contributed by atoms with van der Waals surface area (Å²) in [7, 11) is 0. The molecule has 0 aliphatic rings. The summed E-state index contributed by atoms with van der Waals surface area (Å²) in [5, 5.41) is 27.3. The van der Waals surface area contributed by atoms with Crippen molar-refractivity contribution in [3.8, 4) is 0 Å². The summed E-state index contributed by atoms with van der Waals surface area (Å²) in [5.74, 6) is -3.30. The molecule has 4 amide bonds. The zero-order valence-corrected chi connectivity index (χ0v) is 36.6. The van der Waals surface area contributed by atoms with E-state index in [0.29, 0.717) is 28.2 Å². The number of aryl methyl sites for hydroxylation is 2. The number of ketones is 2. The smallest absolute Gasteiger partial charge is 0.258 e. The number of alkyl halides is 2. The molecule has 4 N–H and O–H groups in total. The fourth-order valence-electron chi connectivity index (χ4n) is 5.88. The van der Waals surface area contributed by atoms with Gasteiger partial charge in [0.1, 0.15) is 0 Å². The average Bonchev–Trinajstić information content (AvgIpc) is 3.23. The lowest BCUT2D eigenvalue weighted by Crippen LogP contribution is -2.33. The number of carbonyl (C=O) groups is 6. The Labute approximate surface area is 376 Å². The van der Waals surface area contributed by atoms with Crippen molar-refractivity contribution in [3.63, 3.8) is 0 Å². The van der Waals surface area contributed by atoms with E-state index in [9.17, 15) is 28.8 Å². The Morgan fingerprint density at radius 1 is 0.532 bits per heavy atom. The second-order valence-corrected chi connectivity index (χ2v) is 15.2. The first-order valence-electron chi connectivity index (χ1n) is 18.6. The minimum Gasteiger partial charge on any atom is -0.324 e. The Morgan fingerprint density at radius 2 is 0.952 bits per heavy atom. The average molecular weight is 917 g/mol. The van der Waals surface area contributed by atoms with Gasteiger partial charge in [0, 0.05) is 34.5 Å². The number of benzene rings is 5. The first-order valence-corrected chi connectivity index (χ1v) is 20.5. The predicted octanol–water partition coefficient (Wildman–Crippen LogP) is 11.0. The Hall–Kier alpha value is -6.32. The second-order valence-electron chi connectivity index (χ2n) is 13.8. The zero-order valence-electron chi connectivity index (χ0n) is 33.6. The summed E-state index contributed by atoms with van der Waals surface area (Å²) >= 11 is 24.4. The molecule has 18 heteroatoms. The standard InChI is InChI=1S/C44H38Cl4N8O6/c1-23-15-33(51-43(61)39(25(3)57)55-53-31-11-13-36(47)34(19-31)41(59)49-29-9-5-7-27(17-29)21-45)16-24(2)38(23)52-44(62)40(26(4)58)56-54-32-12-14-37(48)35(20-32)42(60)50-30-10-6-8-28(18-30)22-46/h5-20,39-40H,21-22H2,1-4H3,(H,49,59)(H,50,60)(H,51,61)(H,52,62). The maximum atomic E-state index is 13.4. The van der Waals surface area contributed by atoms with Crippen LogP contribution in [0.15, 0.2) is 118 Å². The molecule has 0 aromatic heterocycles. The number of hydrogen-bond donors (Lipinski definition) is 4. The van der Waals surface area contributed by atoms with Gasteiger partial charge in [-0.3, -0.25) is 28.8 Å². The topological polar surface area (TPSA) is 200 Å². The van der Waals surface area contributed by atoms with E-state index in [4.69, 9.17) is 46.4 Å². The molecule has 0 aliphatic carbocycles. The van der Waals surface area contributed by atoms with Crippen LogP contribution in [0.3, 0.4) is 0 Å². The third-order valence-electron chi connectivity index (χ3n) is 8.96. The second kappa shape index (κ2) is 21.5. The van der Waals surface area contributed by atoms with Crippen molar-refractivity contribution in [2.45, 2.75) is 51.5 Å². The van der Waals surface area contributed by atoms with Gasteiger partial charge in [-0.15, -0.1) is 23.2 Å². The molecule has 5 aromatic rings. The van der Waals surface area contributed by atoms with Crippen molar-refractivity contribution in [2.24, 2.45) is 20.5 Å². The van der Waals surface area contributed by atoms with Crippen LogP contribution in [0.5, 0.6) is 0 Å². The number of amides is 4. The van der Waals surface area contributed by atoms with Gasteiger partial charge in [-0.25, -0.2) is 0 Å². The molecular formula is C44H38Cl4N8O6. The minimum atomic E-state index is -1.56. The maximum absolute atomic E-state index is 13.4. The SMILES string of the molecule is CC(=O)C(N=Nc1ccc(Cl)c(C(=O)Nc2cccc(CCl)c2)c1)C(=O)Nc1cc(C)c(NC(=O)C(N=Nc2ccc(Cl)c(C(=O)Nc3cccc(CCl)c3)c2)C(C)=O)c(C)c1. The number of hydrogen-bond acceptors (Lipinski definition) is 10. The molecule has 0 heterocycles. The number of rotatable bonds is 16. The van der Waals surface area contributed by atoms with Crippen LogP contribution in [-0.4, -0.2) is 47.3 Å². The van der Waals surface area contributed by atoms with Crippen LogP contribution >= 0.6 is 46.4 Å². The van der Waals surface area contributed by atoms with Crippen LogP contribution in [0.4, 0.5) is 34.1 Å². The first kappa shape index (κ1) is 46.7. The van der Waals surface area contributed by atoms with Crippen molar-refractivity contribution >= 4 is 116 Å². The van der Waals surface area contributed by atoms with Gasteiger partial charge in [-0.1, -0.05) is 47.5 Å². The molecule has 318 valence electrons. The molecule has 5 aromatic carbocycles. The van der Waals surface area contributed by atoms with Crippen molar-refractivity contribution < 1.29 is 28.8 Å². The molecule has 0 saturated heterocycles. The molecule has 0 aliphatic heterocycles. The van der Waals surface area contributed by atoms with Gasteiger partial charge in [-0.2, -0.15) is 20.5 Å². The minimum absolute atomic E-state index is 0.0852. The van der Waals surface area contributed by atoms with Gasteiger partial charge in [0.2, 0.25) is 12.1 Å². The van der Waals surface area contributed by atoms with Crippen LogP contribution in [0.25, 0.3) is 0 Å². The van der Waals surface area contributed by atoms with Crippen molar-refractivity contribution in [1.29, 1.82) is 0 Å². The number of anilines is 4. The predicted molar refractivity (Wildman–Crippen MR) is 242 cm³/mol. The van der Waals surface area contributed by atoms with Gasteiger partial charge >= 0.3 is 0 Å². The summed E-state index contributed by atoms with van der Waals surface area (Å²) in [6, 6.07) is 22.6. The monoisotopic (exact) mass is 914 g/mol. The zero-order chi connectivity index (χ0) is 45.1. The Morgan fingerprint density at radius 3 is 1.35 bits per heavy atom. The lowest BCUT2D eigenvalue weighted by molar-refractivity contribution is -0.127. The van der Waals surface area contributed by atoms with E-state index >= 15 is 0 Å². The first-order chi connectivity index (χ1) is 29.6. The van der Waals surface area contributed by atoms with Crippen LogP contribution < -0.4 is 21.3 Å². The Kier molecular flexibility index (Phi) is 16.2.